The summed E-state index contributed by atoms with van der Waals surface area (Å²) in [6.07, 6.45) is 0.850. The molecule has 1 aliphatic heterocycles. The smallest absolute Gasteiger partial charge is 0.216 e. The third kappa shape index (κ3) is 7.82. The van der Waals surface area contributed by atoms with Crippen LogP contribution in [0.4, 0.5) is 5.69 Å². The summed E-state index contributed by atoms with van der Waals surface area (Å²) in [6, 6.07) is 13.0. The van der Waals surface area contributed by atoms with Gasteiger partial charge in [0.25, 0.3) is 0 Å². The summed E-state index contributed by atoms with van der Waals surface area (Å²) in [5, 5.41) is 6.48. The number of anilines is 1. The average molecular weight is 574 g/mol. The monoisotopic (exact) mass is 574 g/mol. The zero-order valence-electron chi connectivity index (χ0n) is 18.6. The zero-order valence-corrected chi connectivity index (χ0v) is 21.7. The second-order valence-corrected chi connectivity index (χ2v) is 9.32. The molecule has 0 aromatic heterocycles. The highest BCUT2D eigenvalue weighted by atomic mass is 127. The minimum absolute atomic E-state index is 0. The van der Waals surface area contributed by atoms with E-state index in [1.54, 1.807) is 20.9 Å². The predicted molar refractivity (Wildman–Crippen MR) is 139 cm³/mol. The van der Waals surface area contributed by atoms with E-state index in [-0.39, 0.29) is 35.8 Å². The molecular formula is C22H31IN4O4S. The molecular weight excluding hydrogens is 543 g/mol. The van der Waals surface area contributed by atoms with Crippen LogP contribution in [0.1, 0.15) is 31.4 Å². The van der Waals surface area contributed by atoms with Gasteiger partial charge in [0.15, 0.2) is 17.5 Å². The van der Waals surface area contributed by atoms with Crippen molar-refractivity contribution in [2.24, 2.45) is 4.99 Å². The molecule has 2 aromatic carbocycles. The highest BCUT2D eigenvalue weighted by Gasteiger charge is 2.16. The Hall–Kier alpha value is -2.05. The lowest BCUT2D eigenvalue weighted by Crippen LogP contribution is -2.32. The number of nitrogens with one attached hydrogen (secondary N) is 3. The third-order valence-electron chi connectivity index (χ3n) is 4.56. The van der Waals surface area contributed by atoms with Crippen LogP contribution in [0.25, 0.3) is 0 Å². The number of rotatable bonds is 7. The number of ether oxygens (including phenoxy) is 2. The van der Waals surface area contributed by atoms with E-state index in [9.17, 15) is 8.42 Å². The number of aliphatic imine (C=N–C) groups is 1. The van der Waals surface area contributed by atoms with Crippen LogP contribution in [0, 0.1) is 0 Å². The zero-order chi connectivity index (χ0) is 22.3. The topological polar surface area (TPSA) is 101 Å². The Morgan fingerprint density at radius 2 is 1.75 bits per heavy atom. The molecule has 32 heavy (non-hydrogen) atoms. The van der Waals surface area contributed by atoms with E-state index in [1.165, 1.54) is 0 Å². The van der Waals surface area contributed by atoms with Gasteiger partial charge in [-0.25, -0.2) is 13.1 Å². The average Bonchev–Trinajstić information content (AvgIpc) is 2.95. The number of sulfonamides is 1. The molecule has 3 rings (SSSR count). The Bertz CT molecular complexity index is 1030. The fraction of sp³-hybridized carbons (Fsp3) is 0.409. The van der Waals surface area contributed by atoms with Gasteiger partial charge in [-0.15, -0.1) is 24.0 Å². The Morgan fingerprint density at radius 3 is 2.44 bits per heavy atom. The van der Waals surface area contributed by atoms with Gasteiger partial charge in [0.05, 0.1) is 19.0 Å². The molecule has 0 saturated heterocycles. The van der Waals surface area contributed by atoms with E-state index < -0.39 is 10.0 Å². The number of halogens is 1. The molecule has 1 heterocycles. The van der Waals surface area contributed by atoms with Crippen LogP contribution in [0.2, 0.25) is 0 Å². The molecule has 10 heteroatoms. The Balaban J connectivity index is 0.00000363. The van der Waals surface area contributed by atoms with Crippen LogP contribution in [0.5, 0.6) is 11.5 Å². The minimum Gasteiger partial charge on any atom is -0.490 e. The fourth-order valence-electron chi connectivity index (χ4n) is 3.21. The van der Waals surface area contributed by atoms with Crippen molar-refractivity contribution in [2.75, 3.05) is 25.6 Å². The molecule has 1 aliphatic rings. The first kappa shape index (κ1) is 26.2. The van der Waals surface area contributed by atoms with E-state index in [2.05, 4.69) is 20.3 Å². The van der Waals surface area contributed by atoms with Gasteiger partial charge in [-0.2, -0.15) is 0 Å². The van der Waals surface area contributed by atoms with Gasteiger partial charge in [0.2, 0.25) is 10.0 Å². The molecule has 176 valence electrons. The van der Waals surface area contributed by atoms with Crippen molar-refractivity contribution in [1.29, 1.82) is 0 Å². The van der Waals surface area contributed by atoms with Crippen molar-refractivity contribution in [1.82, 2.24) is 10.0 Å². The molecule has 0 fully saturated rings. The number of guanidine groups is 1. The first-order chi connectivity index (χ1) is 14.9. The maximum absolute atomic E-state index is 12.4. The second kappa shape index (κ2) is 12.3. The Morgan fingerprint density at radius 1 is 1.06 bits per heavy atom. The molecule has 0 atom stereocenters. The maximum Gasteiger partial charge on any atom is 0.216 e. The van der Waals surface area contributed by atoms with E-state index in [1.807, 2.05) is 42.5 Å². The number of nitrogens with zero attached hydrogens (tertiary/aromatic N) is 1. The number of hydrogen-bond donors (Lipinski definition) is 3. The summed E-state index contributed by atoms with van der Waals surface area (Å²) in [5.41, 5.74) is 2.45. The molecule has 3 N–H and O–H groups in total. The summed E-state index contributed by atoms with van der Waals surface area (Å²) >= 11 is 0. The van der Waals surface area contributed by atoms with E-state index in [0.29, 0.717) is 31.5 Å². The van der Waals surface area contributed by atoms with Crippen LogP contribution in [-0.4, -0.2) is 40.7 Å². The van der Waals surface area contributed by atoms with Gasteiger partial charge in [-0.05, 0) is 37.1 Å². The summed E-state index contributed by atoms with van der Waals surface area (Å²) in [5.74, 6) is 1.92. The Kier molecular flexibility index (Phi) is 10.0. The quantitative estimate of drug-likeness (QED) is 0.266. The first-order valence-corrected chi connectivity index (χ1v) is 12.0. The maximum atomic E-state index is 12.4. The predicted octanol–water partition coefficient (Wildman–Crippen LogP) is 3.48. The lowest BCUT2D eigenvalue weighted by Gasteiger charge is -2.16. The second-order valence-electron chi connectivity index (χ2n) is 7.56. The molecule has 0 aliphatic carbocycles. The van der Waals surface area contributed by atoms with Crippen molar-refractivity contribution < 1.29 is 17.9 Å². The number of benzene rings is 2. The van der Waals surface area contributed by atoms with Crippen molar-refractivity contribution in [3.8, 4) is 11.5 Å². The standard InChI is InChI=1S/C22H30N4O4S.HI/c1-16(2)26-31(27,28)15-18-8-5-4-7-17(18)14-24-22(23-3)25-19-9-10-20-21(13-19)30-12-6-11-29-20;/h4-5,7-10,13,16,26H,6,11-12,14-15H2,1-3H3,(H2,23,24,25);1H. The molecule has 0 amide bonds. The van der Waals surface area contributed by atoms with Crippen LogP contribution in [0.15, 0.2) is 47.5 Å². The highest BCUT2D eigenvalue weighted by molar-refractivity contribution is 14.0. The van der Waals surface area contributed by atoms with Gasteiger partial charge in [0, 0.05) is 37.8 Å². The SMILES string of the molecule is CN=C(NCc1ccccc1CS(=O)(=O)NC(C)C)Nc1ccc2c(c1)OCCCO2.I. The number of hydrogen-bond acceptors (Lipinski definition) is 5. The molecule has 0 radical (unpaired) electrons. The fourth-order valence-corrected chi connectivity index (χ4v) is 4.70. The van der Waals surface area contributed by atoms with Crippen LogP contribution < -0.4 is 24.8 Å². The molecule has 0 saturated carbocycles. The summed E-state index contributed by atoms with van der Waals surface area (Å²) < 4.78 is 38.7. The summed E-state index contributed by atoms with van der Waals surface area (Å²) in [4.78, 5) is 4.26. The normalized spacial score (nSPS) is 13.8. The largest absolute Gasteiger partial charge is 0.490 e. The summed E-state index contributed by atoms with van der Waals surface area (Å²) in [6.45, 7) is 5.30. The van der Waals surface area contributed by atoms with E-state index >= 15 is 0 Å². The molecule has 0 spiro atoms. The number of fused-ring (bicyclic) bond motifs is 1. The minimum atomic E-state index is -3.41. The van der Waals surface area contributed by atoms with Gasteiger partial charge in [0.1, 0.15) is 0 Å². The van der Waals surface area contributed by atoms with Crippen molar-refractivity contribution in [3.05, 3.63) is 53.6 Å². The first-order valence-electron chi connectivity index (χ1n) is 10.3. The van der Waals surface area contributed by atoms with E-state index in [4.69, 9.17) is 9.47 Å². The molecule has 2 aromatic rings. The lowest BCUT2D eigenvalue weighted by atomic mass is 10.1. The molecule has 8 nitrogen and oxygen atoms in total. The van der Waals surface area contributed by atoms with Crippen molar-refractivity contribution in [3.63, 3.8) is 0 Å². The van der Waals surface area contributed by atoms with Crippen LogP contribution in [0.3, 0.4) is 0 Å². The third-order valence-corrected chi connectivity index (χ3v) is 6.08. The van der Waals surface area contributed by atoms with Crippen LogP contribution in [-0.2, 0) is 22.3 Å². The van der Waals surface area contributed by atoms with Gasteiger partial charge < -0.3 is 20.1 Å². The van der Waals surface area contributed by atoms with Gasteiger partial charge in [-0.1, -0.05) is 24.3 Å². The Labute approximate surface area is 207 Å². The van der Waals surface area contributed by atoms with E-state index in [0.717, 1.165) is 29.0 Å². The highest BCUT2D eigenvalue weighted by Crippen LogP contribution is 2.32. The molecule has 0 bridgehead atoms. The van der Waals surface area contributed by atoms with Crippen molar-refractivity contribution in [2.45, 2.75) is 38.6 Å². The van der Waals surface area contributed by atoms with Crippen molar-refractivity contribution >= 4 is 45.6 Å². The van der Waals surface area contributed by atoms with Crippen LogP contribution >= 0.6 is 24.0 Å². The van der Waals surface area contributed by atoms with Gasteiger partial charge in [-0.3, -0.25) is 4.99 Å². The lowest BCUT2D eigenvalue weighted by molar-refractivity contribution is 0.297. The van der Waals surface area contributed by atoms with Gasteiger partial charge >= 0.3 is 0 Å². The molecule has 0 unspecified atom stereocenters. The summed E-state index contributed by atoms with van der Waals surface area (Å²) in [7, 11) is -1.73.